The van der Waals surface area contributed by atoms with Crippen molar-refractivity contribution >= 4 is 56.0 Å². The lowest BCUT2D eigenvalue weighted by atomic mass is 10.0. The van der Waals surface area contributed by atoms with Gasteiger partial charge in [-0.2, -0.15) is 8.42 Å². The van der Waals surface area contributed by atoms with Crippen molar-refractivity contribution in [1.82, 2.24) is 5.32 Å². The third kappa shape index (κ3) is 7.48. The SMILES string of the molecule is NC(N)=NCCCCC(=O)Nc1ccc(CC(NC(=O)C2=Nc3ccccc3C2=S(=O)=O)C(=O)O)cc1. The van der Waals surface area contributed by atoms with Crippen molar-refractivity contribution in [1.29, 1.82) is 0 Å². The predicted molar refractivity (Wildman–Crippen MR) is 139 cm³/mol. The van der Waals surface area contributed by atoms with E-state index in [1.807, 2.05) is 0 Å². The Balaban J connectivity index is 1.59. The van der Waals surface area contributed by atoms with Crippen LogP contribution in [0.1, 0.15) is 30.4 Å². The molecule has 37 heavy (non-hydrogen) atoms. The van der Waals surface area contributed by atoms with Crippen LogP contribution in [0.3, 0.4) is 0 Å². The van der Waals surface area contributed by atoms with Crippen LogP contribution in [0.15, 0.2) is 58.5 Å². The average Bonchev–Trinajstić information content (AvgIpc) is 3.24. The number of amides is 2. The molecule has 1 aliphatic heterocycles. The number of rotatable bonds is 11. The van der Waals surface area contributed by atoms with Crippen molar-refractivity contribution in [2.75, 3.05) is 11.9 Å². The molecule has 0 saturated carbocycles. The number of anilines is 1. The first-order valence-corrected chi connectivity index (χ1v) is 12.4. The van der Waals surface area contributed by atoms with E-state index < -0.39 is 28.2 Å². The number of para-hydroxylation sites is 1. The fourth-order valence-electron chi connectivity index (χ4n) is 3.60. The number of fused-ring (bicyclic) bond motifs is 1. The summed E-state index contributed by atoms with van der Waals surface area (Å²) in [6, 6.07) is 11.5. The van der Waals surface area contributed by atoms with E-state index in [1.54, 1.807) is 42.5 Å². The average molecular weight is 527 g/mol. The minimum Gasteiger partial charge on any atom is -0.480 e. The van der Waals surface area contributed by atoms with Crippen LogP contribution in [0.4, 0.5) is 11.4 Å². The van der Waals surface area contributed by atoms with E-state index in [0.29, 0.717) is 36.3 Å². The molecule has 2 aromatic carbocycles. The molecule has 2 amide bonds. The Bertz CT molecular complexity index is 1390. The Morgan fingerprint density at radius 2 is 1.73 bits per heavy atom. The molecule has 1 unspecified atom stereocenters. The number of carboxylic acids is 1. The van der Waals surface area contributed by atoms with Gasteiger partial charge in [-0.05, 0) is 36.6 Å². The van der Waals surface area contributed by atoms with Crippen molar-refractivity contribution in [2.45, 2.75) is 31.7 Å². The summed E-state index contributed by atoms with van der Waals surface area (Å²) in [5.74, 6) is -2.39. The molecule has 0 spiro atoms. The number of carbonyl (C=O) groups is 3. The Labute approximate surface area is 214 Å². The first-order chi connectivity index (χ1) is 17.7. The number of benzene rings is 2. The third-order valence-electron chi connectivity index (χ3n) is 5.37. The minimum atomic E-state index is -2.75. The summed E-state index contributed by atoms with van der Waals surface area (Å²) < 4.78 is 23.5. The zero-order chi connectivity index (χ0) is 26.9. The molecule has 3 rings (SSSR count). The standard InChI is InChI=1S/C24H26N6O6S/c25-24(26)27-12-4-3-7-19(31)28-15-10-8-14(9-11-15)13-18(23(33)34)30-22(32)20-21(37(35)36)16-5-1-2-6-17(16)29-20/h1-2,5-6,8-11,18H,3-4,7,12-13H2,(H,28,31)(H,30,32)(H,33,34)(H4,25,26,27). The summed E-state index contributed by atoms with van der Waals surface area (Å²) >= 11 is 0. The molecule has 1 atom stereocenters. The highest BCUT2D eigenvalue weighted by molar-refractivity contribution is 7.75. The second-order valence-corrected chi connectivity index (χ2v) is 9.00. The van der Waals surface area contributed by atoms with Crippen molar-refractivity contribution in [3.05, 3.63) is 59.7 Å². The van der Waals surface area contributed by atoms with Crippen LogP contribution in [0.25, 0.3) is 0 Å². The Morgan fingerprint density at radius 1 is 1.03 bits per heavy atom. The first-order valence-electron chi connectivity index (χ1n) is 11.3. The molecule has 0 fully saturated rings. The summed E-state index contributed by atoms with van der Waals surface area (Å²) in [6.45, 7) is 0.444. The fourth-order valence-corrected chi connectivity index (χ4v) is 4.25. The maximum atomic E-state index is 12.8. The van der Waals surface area contributed by atoms with Gasteiger partial charge in [-0.3, -0.25) is 14.6 Å². The molecule has 12 nitrogen and oxygen atoms in total. The van der Waals surface area contributed by atoms with E-state index in [0.717, 1.165) is 0 Å². The number of nitrogens with zero attached hydrogens (tertiary/aromatic N) is 2. The van der Waals surface area contributed by atoms with Gasteiger partial charge in [0.25, 0.3) is 5.91 Å². The molecular weight excluding hydrogens is 500 g/mol. The van der Waals surface area contributed by atoms with Crippen LogP contribution in [0, 0.1) is 0 Å². The maximum absolute atomic E-state index is 12.8. The lowest BCUT2D eigenvalue weighted by molar-refractivity contribution is -0.141. The lowest BCUT2D eigenvalue weighted by Crippen LogP contribution is -2.46. The van der Waals surface area contributed by atoms with Crippen molar-refractivity contribution < 1.29 is 27.9 Å². The fraction of sp³-hybridized carbons (Fsp3) is 0.250. The Morgan fingerprint density at radius 3 is 2.38 bits per heavy atom. The smallest absolute Gasteiger partial charge is 0.326 e. The number of nitrogens with two attached hydrogens (primary N) is 2. The van der Waals surface area contributed by atoms with Gasteiger partial charge in [-0.25, -0.2) is 9.79 Å². The molecule has 13 heteroatoms. The second kappa shape index (κ2) is 12.4. The molecule has 1 aliphatic rings. The number of aliphatic carboxylic acids is 1. The Hall–Kier alpha value is -4.52. The van der Waals surface area contributed by atoms with Gasteiger partial charge in [0.2, 0.25) is 16.2 Å². The zero-order valence-corrected chi connectivity index (χ0v) is 20.5. The van der Waals surface area contributed by atoms with Gasteiger partial charge in [-0.15, -0.1) is 0 Å². The van der Waals surface area contributed by atoms with E-state index in [4.69, 9.17) is 11.5 Å². The van der Waals surface area contributed by atoms with Crippen LogP contribution < -0.4 is 22.1 Å². The van der Waals surface area contributed by atoms with Crippen LogP contribution in [0.2, 0.25) is 0 Å². The van der Waals surface area contributed by atoms with Gasteiger partial charge >= 0.3 is 5.97 Å². The number of aliphatic imine (C=N–C) groups is 2. The molecule has 0 bridgehead atoms. The van der Waals surface area contributed by atoms with Crippen molar-refractivity contribution in [2.24, 2.45) is 21.5 Å². The van der Waals surface area contributed by atoms with Gasteiger partial charge in [0.05, 0.1) is 5.69 Å². The third-order valence-corrected chi connectivity index (χ3v) is 6.11. The van der Waals surface area contributed by atoms with Crippen molar-refractivity contribution in [3.8, 4) is 0 Å². The van der Waals surface area contributed by atoms with Gasteiger partial charge in [-0.1, -0.05) is 30.3 Å². The topological polar surface area (TPSA) is 206 Å². The molecule has 0 aromatic heterocycles. The second-order valence-electron chi connectivity index (χ2n) is 8.12. The quantitative estimate of drug-likeness (QED) is 0.119. The molecule has 194 valence electrons. The number of guanidine groups is 1. The van der Waals surface area contributed by atoms with Crippen LogP contribution in [0.5, 0.6) is 0 Å². The molecule has 0 radical (unpaired) electrons. The summed E-state index contributed by atoms with van der Waals surface area (Å²) in [5.41, 5.74) is 11.8. The summed E-state index contributed by atoms with van der Waals surface area (Å²) in [5, 5.41) is 14.7. The van der Waals surface area contributed by atoms with E-state index in [1.165, 1.54) is 6.07 Å². The number of hydrogen-bond donors (Lipinski definition) is 5. The Kier molecular flexibility index (Phi) is 9.11. The number of hydrogen-bond acceptors (Lipinski definition) is 7. The number of nitrogens with one attached hydrogen (secondary N) is 2. The first kappa shape index (κ1) is 27.1. The number of carbonyl (C=O) groups excluding carboxylic acids is 2. The van der Waals surface area contributed by atoms with E-state index in [9.17, 15) is 27.9 Å². The molecule has 2 aromatic rings. The molecule has 7 N–H and O–H groups in total. The highest BCUT2D eigenvalue weighted by Gasteiger charge is 2.31. The number of unbranched alkanes of at least 4 members (excludes halogenated alkanes) is 1. The van der Waals surface area contributed by atoms with Crippen LogP contribution in [-0.2, 0) is 31.1 Å². The highest BCUT2D eigenvalue weighted by Crippen LogP contribution is 2.26. The molecule has 0 aliphatic carbocycles. The van der Waals surface area contributed by atoms with E-state index in [2.05, 4.69) is 20.6 Å². The van der Waals surface area contributed by atoms with Crippen molar-refractivity contribution in [3.63, 3.8) is 0 Å². The number of carboxylic acid groups (broad SMARTS) is 1. The predicted octanol–water partition coefficient (Wildman–Crippen LogP) is 0.367. The van der Waals surface area contributed by atoms with E-state index >= 15 is 0 Å². The summed E-state index contributed by atoms with van der Waals surface area (Å²) in [4.78, 5) is 44.4. The molecular formula is C24H26N6O6S. The lowest BCUT2D eigenvalue weighted by Gasteiger charge is -2.15. The van der Waals surface area contributed by atoms with Crippen LogP contribution in [-0.4, -0.2) is 60.4 Å². The summed E-state index contributed by atoms with van der Waals surface area (Å²) in [7, 11) is -2.75. The van der Waals surface area contributed by atoms with Gasteiger partial charge in [0.1, 0.15) is 10.9 Å². The van der Waals surface area contributed by atoms with Gasteiger partial charge in [0.15, 0.2) is 11.7 Å². The van der Waals surface area contributed by atoms with Gasteiger partial charge in [0, 0.05) is 30.6 Å². The van der Waals surface area contributed by atoms with Gasteiger partial charge < -0.3 is 27.2 Å². The normalized spacial score (nSPS) is 12.6. The minimum absolute atomic E-state index is 0.00841. The largest absolute Gasteiger partial charge is 0.480 e. The molecule has 1 heterocycles. The zero-order valence-electron chi connectivity index (χ0n) is 19.7. The highest BCUT2D eigenvalue weighted by atomic mass is 32.2. The van der Waals surface area contributed by atoms with Crippen LogP contribution >= 0.6 is 0 Å². The molecule has 0 saturated heterocycles. The summed E-state index contributed by atoms with van der Waals surface area (Å²) in [6.07, 6.45) is 1.48. The maximum Gasteiger partial charge on any atom is 0.326 e. The van der Waals surface area contributed by atoms with E-state index in [-0.39, 0.29) is 40.8 Å². The monoisotopic (exact) mass is 526 g/mol.